The second kappa shape index (κ2) is 8.01. The summed E-state index contributed by atoms with van der Waals surface area (Å²) in [6.07, 6.45) is 1.05. The number of hydrogen-bond acceptors (Lipinski definition) is 4. The third-order valence-corrected chi connectivity index (χ3v) is 5.42. The molecule has 0 bridgehead atoms. The molecule has 4 rings (SSSR count). The SMILES string of the molecule is CC(C)c1cc(N2Cc3ccccc3C[C@@H]2C)nc(NCc2ccccc2)n1. The van der Waals surface area contributed by atoms with Crippen molar-refractivity contribution >= 4 is 11.8 Å². The third-order valence-electron chi connectivity index (χ3n) is 5.42. The van der Waals surface area contributed by atoms with Crippen molar-refractivity contribution in [3.8, 4) is 0 Å². The van der Waals surface area contributed by atoms with Crippen molar-refractivity contribution in [3.63, 3.8) is 0 Å². The first kappa shape index (κ1) is 18.5. The summed E-state index contributed by atoms with van der Waals surface area (Å²) in [5.74, 6) is 2.07. The fourth-order valence-corrected chi connectivity index (χ4v) is 3.74. The molecule has 0 unspecified atom stereocenters. The minimum atomic E-state index is 0.353. The first-order valence-electron chi connectivity index (χ1n) is 10.1. The number of anilines is 2. The van der Waals surface area contributed by atoms with Gasteiger partial charge >= 0.3 is 0 Å². The van der Waals surface area contributed by atoms with Gasteiger partial charge in [-0.05, 0) is 36.0 Å². The van der Waals surface area contributed by atoms with Gasteiger partial charge in [-0.15, -0.1) is 0 Å². The maximum atomic E-state index is 4.88. The molecule has 0 amide bonds. The van der Waals surface area contributed by atoms with Crippen LogP contribution in [0.15, 0.2) is 60.7 Å². The summed E-state index contributed by atoms with van der Waals surface area (Å²) in [6, 6.07) is 21.7. The highest BCUT2D eigenvalue weighted by Crippen LogP contribution is 2.29. The molecule has 1 aliphatic heterocycles. The van der Waals surface area contributed by atoms with Crippen LogP contribution in [0.4, 0.5) is 11.8 Å². The van der Waals surface area contributed by atoms with Gasteiger partial charge in [-0.3, -0.25) is 0 Å². The van der Waals surface area contributed by atoms with E-state index in [0.29, 0.717) is 17.9 Å². The molecule has 0 radical (unpaired) electrons. The molecule has 2 heterocycles. The second-order valence-electron chi connectivity index (χ2n) is 7.92. The van der Waals surface area contributed by atoms with Crippen molar-refractivity contribution in [2.24, 2.45) is 0 Å². The second-order valence-corrected chi connectivity index (χ2v) is 7.92. The zero-order valence-electron chi connectivity index (χ0n) is 16.9. The fraction of sp³-hybridized carbons (Fsp3) is 0.333. The smallest absolute Gasteiger partial charge is 0.225 e. The minimum absolute atomic E-state index is 0.353. The van der Waals surface area contributed by atoms with Gasteiger partial charge in [-0.2, -0.15) is 4.98 Å². The van der Waals surface area contributed by atoms with Crippen molar-refractivity contribution in [2.45, 2.75) is 52.2 Å². The molecule has 1 aliphatic rings. The number of aromatic nitrogens is 2. The van der Waals surface area contributed by atoms with Crippen molar-refractivity contribution in [3.05, 3.63) is 83.0 Å². The molecule has 0 fully saturated rings. The number of benzene rings is 2. The van der Waals surface area contributed by atoms with E-state index in [4.69, 9.17) is 9.97 Å². The summed E-state index contributed by atoms with van der Waals surface area (Å²) in [6.45, 7) is 8.26. The van der Waals surface area contributed by atoms with Gasteiger partial charge in [-0.25, -0.2) is 4.98 Å². The molecule has 0 saturated carbocycles. The molecule has 28 heavy (non-hydrogen) atoms. The number of rotatable bonds is 5. The van der Waals surface area contributed by atoms with E-state index in [-0.39, 0.29) is 0 Å². The highest BCUT2D eigenvalue weighted by Gasteiger charge is 2.24. The Morgan fingerprint density at radius 3 is 2.46 bits per heavy atom. The molecule has 1 atom stereocenters. The van der Waals surface area contributed by atoms with Crippen molar-refractivity contribution in [2.75, 3.05) is 10.2 Å². The normalized spacial score (nSPS) is 16.1. The van der Waals surface area contributed by atoms with E-state index in [0.717, 1.165) is 31.0 Å². The largest absolute Gasteiger partial charge is 0.350 e. The molecule has 0 saturated heterocycles. The van der Waals surface area contributed by atoms with Crippen LogP contribution in [-0.2, 0) is 19.5 Å². The first-order chi connectivity index (χ1) is 13.6. The highest BCUT2D eigenvalue weighted by atomic mass is 15.2. The summed E-state index contributed by atoms with van der Waals surface area (Å²) in [7, 11) is 0. The number of nitrogens with zero attached hydrogens (tertiary/aromatic N) is 3. The quantitative estimate of drug-likeness (QED) is 0.671. The van der Waals surface area contributed by atoms with E-state index in [2.05, 4.69) is 85.6 Å². The Morgan fingerprint density at radius 2 is 1.71 bits per heavy atom. The predicted octanol–water partition coefficient (Wildman–Crippen LogP) is 5.16. The maximum Gasteiger partial charge on any atom is 0.225 e. The Balaban J connectivity index is 1.62. The summed E-state index contributed by atoms with van der Waals surface area (Å²) in [4.78, 5) is 12.1. The van der Waals surface area contributed by atoms with Gasteiger partial charge in [-0.1, -0.05) is 68.4 Å². The van der Waals surface area contributed by atoms with Gasteiger partial charge in [0.25, 0.3) is 0 Å². The lowest BCUT2D eigenvalue weighted by Crippen LogP contribution is -2.39. The van der Waals surface area contributed by atoms with E-state index in [1.165, 1.54) is 16.7 Å². The van der Waals surface area contributed by atoms with Crippen molar-refractivity contribution in [1.29, 1.82) is 0 Å². The van der Waals surface area contributed by atoms with E-state index >= 15 is 0 Å². The molecule has 0 spiro atoms. The molecule has 1 N–H and O–H groups in total. The zero-order valence-corrected chi connectivity index (χ0v) is 16.9. The molecule has 4 heteroatoms. The maximum absolute atomic E-state index is 4.88. The topological polar surface area (TPSA) is 41.1 Å². The third kappa shape index (κ3) is 4.01. The summed E-state index contributed by atoms with van der Waals surface area (Å²) in [5, 5.41) is 3.42. The lowest BCUT2D eigenvalue weighted by molar-refractivity contribution is 0.585. The van der Waals surface area contributed by atoms with Crippen LogP contribution < -0.4 is 10.2 Å². The molecule has 4 nitrogen and oxygen atoms in total. The van der Waals surface area contributed by atoms with Crippen molar-refractivity contribution in [1.82, 2.24) is 9.97 Å². The van der Waals surface area contributed by atoms with E-state index < -0.39 is 0 Å². The van der Waals surface area contributed by atoms with Gasteiger partial charge < -0.3 is 10.2 Å². The average molecular weight is 373 g/mol. The summed E-state index contributed by atoms with van der Waals surface area (Å²) >= 11 is 0. The fourth-order valence-electron chi connectivity index (χ4n) is 3.74. The Kier molecular flexibility index (Phi) is 5.29. The van der Waals surface area contributed by atoms with Crippen LogP contribution in [0.3, 0.4) is 0 Å². The molecule has 1 aromatic heterocycles. The number of hydrogen-bond donors (Lipinski definition) is 1. The van der Waals surface area contributed by atoms with Crippen LogP contribution in [0.2, 0.25) is 0 Å². The lowest BCUT2D eigenvalue weighted by Gasteiger charge is -2.36. The van der Waals surface area contributed by atoms with Gasteiger partial charge in [0.15, 0.2) is 0 Å². The molecule has 3 aromatic rings. The van der Waals surface area contributed by atoms with Crippen LogP contribution in [-0.4, -0.2) is 16.0 Å². The summed E-state index contributed by atoms with van der Waals surface area (Å²) in [5.41, 5.74) is 5.14. The molecular formula is C24H28N4. The van der Waals surface area contributed by atoms with Crippen LogP contribution in [0.1, 0.15) is 49.1 Å². The van der Waals surface area contributed by atoms with Gasteiger partial charge in [0, 0.05) is 25.2 Å². The molecule has 2 aromatic carbocycles. The lowest BCUT2D eigenvalue weighted by atomic mass is 9.95. The van der Waals surface area contributed by atoms with E-state index in [1.54, 1.807) is 0 Å². The first-order valence-corrected chi connectivity index (χ1v) is 10.1. The van der Waals surface area contributed by atoms with Crippen LogP contribution in [0.5, 0.6) is 0 Å². The van der Waals surface area contributed by atoms with Gasteiger partial charge in [0.1, 0.15) is 5.82 Å². The van der Waals surface area contributed by atoms with Crippen LogP contribution >= 0.6 is 0 Å². The van der Waals surface area contributed by atoms with E-state index in [9.17, 15) is 0 Å². The number of fused-ring (bicyclic) bond motifs is 1. The highest BCUT2D eigenvalue weighted by molar-refractivity contribution is 5.50. The Bertz CT molecular complexity index is 936. The molecular weight excluding hydrogens is 344 g/mol. The van der Waals surface area contributed by atoms with Crippen LogP contribution in [0, 0.1) is 0 Å². The Morgan fingerprint density at radius 1 is 1.00 bits per heavy atom. The van der Waals surface area contributed by atoms with Gasteiger partial charge in [0.05, 0.1) is 5.69 Å². The van der Waals surface area contributed by atoms with E-state index in [1.807, 2.05) is 6.07 Å². The van der Waals surface area contributed by atoms with Gasteiger partial charge in [0.2, 0.25) is 5.95 Å². The van der Waals surface area contributed by atoms with Crippen molar-refractivity contribution < 1.29 is 0 Å². The Labute approximate surface area is 167 Å². The standard InChI is InChI=1S/C24H28N4/c1-17(2)22-14-23(27-24(26-22)25-15-19-9-5-4-6-10-19)28-16-21-12-8-7-11-20(21)13-18(28)3/h4-12,14,17-18H,13,15-16H2,1-3H3,(H,25,26,27)/t18-/m0/s1. The molecule has 144 valence electrons. The zero-order chi connectivity index (χ0) is 19.5. The predicted molar refractivity (Wildman–Crippen MR) is 116 cm³/mol. The molecule has 0 aliphatic carbocycles. The summed E-state index contributed by atoms with van der Waals surface area (Å²) < 4.78 is 0. The minimum Gasteiger partial charge on any atom is -0.350 e. The Hall–Kier alpha value is -2.88. The average Bonchev–Trinajstić information content (AvgIpc) is 2.72. The monoisotopic (exact) mass is 372 g/mol. The van der Waals surface area contributed by atoms with Crippen LogP contribution in [0.25, 0.3) is 0 Å². The number of nitrogens with one attached hydrogen (secondary N) is 1.